The lowest BCUT2D eigenvalue weighted by atomic mass is 9.98. The number of hydrogen-bond donors (Lipinski definition) is 0. The minimum atomic E-state index is 0. The van der Waals surface area contributed by atoms with Gasteiger partial charge in [-0.05, 0) is 53.1 Å². The molecule has 0 aromatic heterocycles. The van der Waals surface area contributed by atoms with E-state index in [1.807, 2.05) is 31.0 Å². The molecule has 0 spiro atoms. The molecule has 0 fully saturated rings. The summed E-state index contributed by atoms with van der Waals surface area (Å²) in [5, 5.41) is 0. The molecule has 2 aromatic carbocycles. The molecule has 4 heteroatoms. The van der Waals surface area contributed by atoms with Gasteiger partial charge in [0, 0.05) is 37.8 Å². The van der Waals surface area contributed by atoms with E-state index in [0.29, 0.717) is 11.8 Å². The van der Waals surface area contributed by atoms with Crippen LogP contribution in [-0.4, -0.2) is 35.2 Å². The lowest BCUT2D eigenvalue weighted by Crippen LogP contribution is -2.22. The van der Waals surface area contributed by atoms with Crippen LogP contribution in [0, 0.1) is 0 Å². The zero-order valence-electron chi connectivity index (χ0n) is 18.5. The molecule has 0 aliphatic carbocycles. The number of benzene rings is 2. The van der Waals surface area contributed by atoms with Crippen molar-refractivity contribution in [2.75, 3.05) is 13.6 Å². The summed E-state index contributed by atoms with van der Waals surface area (Å²) in [7, 11) is 1.84. The van der Waals surface area contributed by atoms with E-state index in [4.69, 9.17) is 0 Å². The van der Waals surface area contributed by atoms with E-state index in [1.165, 1.54) is 22.3 Å². The van der Waals surface area contributed by atoms with Crippen LogP contribution in [0.4, 0.5) is 0 Å². The Morgan fingerprint density at radius 2 is 1.23 bits per heavy atom. The average Bonchev–Trinajstić information content (AvgIpc) is 3.17. The van der Waals surface area contributed by atoms with Crippen molar-refractivity contribution in [2.24, 2.45) is 0 Å². The Balaban J connectivity index is 0.000000292. The SMILES string of the molecule is C.C.CC(C)c1ccc2c(c1)CN(C)C2=O.CCN1Cc2cc(C(C)C)ccc2C1=O. The van der Waals surface area contributed by atoms with Crippen LogP contribution in [0.1, 0.15) is 104 Å². The van der Waals surface area contributed by atoms with Crippen LogP contribution in [0.25, 0.3) is 0 Å². The van der Waals surface area contributed by atoms with E-state index in [9.17, 15) is 9.59 Å². The number of amides is 2. The number of fused-ring (bicyclic) bond motifs is 2. The Hall–Kier alpha value is -2.62. The van der Waals surface area contributed by atoms with Gasteiger partial charge in [-0.2, -0.15) is 0 Å². The van der Waals surface area contributed by atoms with Crippen molar-refractivity contribution in [3.8, 4) is 0 Å². The van der Waals surface area contributed by atoms with Crippen LogP contribution in [0.2, 0.25) is 0 Å². The highest BCUT2D eigenvalue weighted by atomic mass is 16.2. The average molecular weight is 425 g/mol. The lowest BCUT2D eigenvalue weighted by molar-refractivity contribution is 0.0785. The quantitative estimate of drug-likeness (QED) is 0.568. The van der Waals surface area contributed by atoms with Crippen molar-refractivity contribution in [2.45, 2.75) is 74.4 Å². The summed E-state index contributed by atoms with van der Waals surface area (Å²) in [5.74, 6) is 1.39. The predicted octanol–water partition coefficient (Wildman–Crippen LogP) is 6.45. The van der Waals surface area contributed by atoms with Gasteiger partial charge in [-0.3, -0.25) is 9.59 Å². The number of nitrogens with zero attached hydrogens (tertiary/aromatic N) is 2. The van der Waals surface area contributed by atoms with Gasteiger partial charge in [-0.15, -0.1) is 0 Å². The molecule has 0 bridgehead atoms. The van der Waals surface area contributed by atoms with Gasteiger partial charge in [0.25, 0.3) is 11.8 Å². The molecule has 4 rings (SSSR count). The summed E-state index contributed by atoms with van der Waals surface area (Å²) >= 11 is 0. The maximum atomic E-state index is 11.8. The van der Waals surface area contributed by atoms with Gasteiger partial charge in [-0.1, -0.05) is 66.8 Å². The normalized spacial score (nSPS) is 14.1. The molecule has 0 N–H and O–H groups in total. The van der Waals surface area contributed by atoms with Gasteiger partial charge in [0.2, 0.25) is 0 Å². The monoisotopic (exact) mass is 424 g/mol. The van der Waals surface area contributed by atoms with Gasteiger partial charge in [0.15, 0.2) is 0 Å². The fourth-order valence-corrected chi connectivity index (χ4v) is 3.86. The van der Waals surface area contributed by atoms with Crippen LogP contribution in [-0.2, 0) is 13.1 Å². The summed E-state index contributed by atoms with van der Waals surface area (Å²) in [6, 6.07) is 12.4. The van der Waals surface area contributed by atoms with Gasteiger partial charge >= 0.3 is 0 Å². The van der Waals surface area contributed by atoms with E-state index in [0.717, 1.165) is 30.8 Å². The smallest absolute Gasteiger partial charge is 0.254 e. The number of rotatable bonds is 3. The fraction of sp³-hybridized carbons (Fsp3) is 0.481. The van der Waals surface area contributed by atoms with Gasteiger partial charge in [-0.25, -0.2) is 0 Å². The summed E-state index contributed by atoms with van der Waals surface area (Å²) in [4.78, 5) is 27.1. The highest BCUT2D eigenvalue weighted by Gasteiger charge is 2.26. The highest BCUT2D eigenvalue weighted by Crippen LogP contribution is 2.27. The van der Waals surface area contributed by atoms with E-state index in [1.54, 1.807) is 4.90 Å². The molecule has 0 atom stereocenters. The topological polar surface area (TPSA) is 40.6 Å². The minimum absolute atomic E-state index is 0. The largest absolute Gasteiger partial charge is 0.337 e. The molecule has 2 aliphatic rings. The summed E-state index contributed by atoms with van der Waals surface area (Å²) in [6.07, 6.45) is 0. The summed E-state index contributed by atoms with van der Waals surface area (Å²) in [6.45, 7) is 13.0. The first-order valence-corrected chi connectivity index (χ1v) is 10.5. The van der Waals surface area contributed by atoms with Crippen LogP contribution >= 0.6 is 0 Å². The zero-order valence-corrected chi connectivity index (χ0v) is 18.5. The van der Waals surface area contributed by atoms with E-state index < -0.39 is 0 Å². The number of carbonyl (C=O) groups is 2. The minimum Gasteiger partial charge on any atom is -0.337 e. The first-order valence-electron chi connectivity index (χ1n) is 10.5. The first-order chi connectivity index (χ1) is 13.7. The van der Waals surface area contributed by atoms with Crippen LogP contribution < -0.4 is 0 Å². The molecule has 2 aromatic rings. The molecule has 2 heterocycles. The number of hydrogen-bond acceptors (Lipinski definition) is 2. The molecule has 0 saturated carbocycles. The van der Waals surface area contributed by atoms with Crippen molar-refractivity contribution in [3.05, 3.63) is 69.8 Å². The molecule has 2 aliphatic heterocycles. The molecular formula is C27H40N2O2. The highest BCUT2D eigenvalue weighted by molar-refractivity contribution is 5.98. The van der Waals surface area contributed by atoms with E-state index in [2.05, 4.69) is 52.0 Å². The first kappa shape index (κ1) is 26.4. The van der Waals surface area contributed by atoms with Crippen molar-refractivity contribution in [1.29, 1.82) is 0 Å². The third-order valence-corrected chi connectivity index (χ3v) is 5.84. The molecule has 0 unspecified atom stereocenters. The van der Waals surface area contributed by atoms with Crippen molar-refractivity contribution >= 4 is 11.8 Å². The van der Waals surface area contributed by atoms with Gasteiger partial charge < -0.3 is 9.80 Å². The third kappa shape index (κ3) is 5.36. The predicted molar refractivity (Wildman–Crippen MR) is 131 cm³/mol. The van der Waals surface area contributed by atoms with Crippen LogP contribution in [0.15, 0.2) is 36.4 Å². The molecule has 0 saturated heterocycles. The number of carbonyl (C=O) groups excluding carboxylic acids is 2. The molecular weight excluding hydrogens is 384 g/mol. The maximum absolute atomic E-state index is 11.8. The van der Waals surface area contributed by atoms with Crippen molar-refractivity contribution in [1.82, 2.24) is 9.80 Å². The molecule has 4 nitrogen and oxygen atoms in total. The maximum Gasteiger partial charge on any atom is 0.254 e. The van der Waals surface area contributed by atoms with Crippen LogP contribution in [0.5, 0.6) is 0 Å². The van der Waals surface area contributed by atoms with E-state index in [-0.39, 0.29) is 26.7 Å². The zero-order chi connectivity index (χ0) is 21.3. The third-order valence-electron chi connectivity index (χ3n) is 5.84. The van der Waals surface area contributed by atoms with Gasteiger partial charge in [0.05, 0.1) is 0 Å². The summed E-state index contributed by atoms with van der Waals surface area (Å²) < 4.78 is 0. The van der Waals surface area contributed by atoms with Crippen molar-refractivity contribution < 1.29 is 9.59 Å². The Morgan fingerprint density at radius 3 is 1.68 bits per heavy atom. The fourth-order valence-electron chi connectivity index (χ4n) is 3.86. The van der Waals surface area contributed by atoms with Crippen molar-refractivity contribution in [3.63, 3.8) is 0 Å². The molecule has 0 radical (unpaired) electrons. The van der Waals surface area contributed by atoms with Crippen LogP contribution in [0.3, 0.4) is 0 Å². The standard InChI is InChI=1S/C13H17NO.C12H15NO.2CH4/c1-4-14-8-11-7-10(9(2)3)5-6-12(11)13(14)15;1-8(2)9-4-5-11-10(6-9)7-13(3)12(11)14;;/h5-7,9H,4,8H2,1-3H3;4-6,8H,7H2,1-3H3;2*1H4. The Labute approximate surface area is 189 Å². The molecule has 170 valence electrons. The van der Waals surface area contributed by atoms with E-state index >= 15 is 0 Å². The Bertz CT molecular complexity index is 931. The lowest BCUT2D eigenvalue weighted by Gasteiger charge is -2.10. The summed E-state index contributed by atoms with van der Waals surface area (Å²) in [5.41, 5.74) is 6.75. The Morgan fingerprint density at radius 1 is 0.774 bits per heavy atom. The second-order valence-electron chi connectivity index (χ2n) is 8.62. The second-order valence-corrected chi connectivity index (χ2v) is 8.62. The second kappa shape index (κ2) is 10.6. The molecule has 2 amide bonds. The molecule has 31 heavy (non-hydrogen) atoms. The van der Waals surface area contributed by atoms with Gasteiger partial charge in [0.1, 0.15) is 0 Å². The Kier molecular flexibility index (Phi) is 9.04.